The Balaban J connectivity index is 1.85. The fraction of sp³-hybridized carbons (Fsp3) is 0.294. The molecule has 1 aliphatic carbocycles. The Morgan fingerprint density at radius 3 is 2.89 bits per heavy atom. The van der Waals surface area contributed by atoms with Gasteiger partial charge in [-0.3, -0.25) is 0 Å². The van der Waals surface area contributed by atoms with Crippen LogP contribution in [0, 0.1) is 0 Å². The van der Waals surface area contributed by atoms with Gasteiger partial charge in [0.15, 0.2) is 0 Å². The molecule has 2 atom stereocenters. The summed E-state index contributed by atoms with van der Waals surface area (Å²) >= 11 is 0. The maximum atomic E-state index is 5.32. The van der Waals surface area contributed by atoms with Gasteiger partial charge in [-0.25, -0.2) is 0 Å². The Kier molecular flexibility index (Phi) is 2.03. The van der Waals surface area contributed by atoms with Gasteiger partial charge in [-0.15, -0.1) is 0 Å². The third-order valence-electron chi connectivity index (χ3n) is 4.73. The number of nitrogens with one attached hydrogen (secondary N) is 1. The van der Waals surface area contributed by atoms with Crippen LogP contribution in [0.1, 0.15) is 29.5 Å². The first-order chi connectivity index (χ1) is 9.22. The lowest BCUT2D eigenvalue weighted by molar-refractivity contribution is 0.415. The Morgan fingerprint density at radius 1 is 1.21 bits per heavy atom. The molecule has 0 unspecified atom stereocenters. The van der Waals surface area contributed by atoms with Crippen LogP contribution in [-0.4, -0.2) is 7.11 Å². The first-order valence-electron chi connectivity index (χ1n) is 6.77. The molecule has 0 saturated carbocycles. The molecule has 1 heterocycles. The average molecular weight is 251 g/mol. The molecule has 96 valence electrons. The maximum Gasteiger partial charge on any atom is 0.120 e. The van der Waals surface area contributed by atoms with E-state index < -0.39 is 0 Å². The molecule has 2 aromatic carbocycles. The van der Waals surface area contributed by atoms with Crippen LogP contribution in [0.4, 0.5) is 5.69 Å². The van der Waals surface area contributed by atoms with Crippen LogP contribution in [0.2, 0.25) is 0 Å². The number of hydrogen-bond donors (Lipinski definition) is 1. The summed E-state index contributed by atoms with van der Waals surface area (Å²) in [5.41, 5.74) is 5.59. The van der Waals surface area contributed by atoms with Crippen molar-refractivity contribution in [2.45, 2.75) is 24.8 Å². The van der Waals surface area contributed by atoms with Crippen LogP contribution in [0.15, 0.2) is 42.5 Å². The van der Waals surface area contributed by atoms with E-state index in [-0.39, 0.29) is 5.54 Å². The lowest BCUT2D eigenvalue weighted by atomic mass is 9.85. The van der Waals surface area contributed by atoms with Crippen LogP contribution in [0.5, 0.6) is 5.75 Å². The van der Waals surface area contributed by atoms with Crippen molar-refractivity contribution in [3.63, 3.8) is 0 Å². The van der Waals surface area contributed by atoms with E-state index in [4.69, 9.17) is 4.74 Å². The molecule has 0 radical (unpaired) electrons. The van der Waals surface area contributed by atoms with Crippen molar-refractivity contribution in [2.24, 2.45) is 0 Å². The second-order valence-electron chi connectivity index (χ2n) is 5.69. The van der Waals surface area contributed by atoms with Crippen LogP contribution >= 0.6 is 0 Å². The highest BCUT2D eigenvalue weighted by Gasteiger charge is 2.48. The summed E-state index contributed by atoms with van der Waals surface area (Å²) in [5, 5.41) is 3.72. The standard InChI is InChI=1S/C17H17NO/c1-17-14-6-4-3-5-11(14)9-15(17)13-8-7-12(19-2)10-16(13)18-17/h3-8,10,15,18H,9H2,1-2H3/t15-,17-/m1/s1. The summed E-state index contributed by atoms with van der Waals surface area (Å²) < 4.78 is 5.32. The van der Waals surface area contributed by atoms with Crippen molar-refractivity contribution in [1.29, 1.82) is 0 Å². The number of ether oxygens (including phenoxy) is 1. The molecule has 0 fully saturated rings. The minimum atomic E-state index is 0.0330. The molecule has 2 heteroatoms. The smallest absolute Gasteiger partial charge is 0.120 e. The largest absolute Gasteiger partial charge is 0.497 e. The van der Waals surface area contributed by atoms with Gasteiger partial charge in [-0.1, -0.05) is 30.3 Å². The number of hydrogen-bond acceptors (Lipinski definition) is 2. The van der Waals surface area contributed by atoms with Crippen molar-refractivity contribution in [1.82, 2.24) is 0 Å². The van der Waals surface area contributed by atoms with Gasteiger partial charge in [0, 0.05) is 17.7 Å². The molecule has 0 spiro atoms. The number of fused-ring (bicyclic) bond motifs is 5. The fourth-order valence-corrected chi connectivity index (χ4v) is 3.75. The first-order valence-corrected chi connectivity index (χ1v) is 6.77. The third kappa shape index (κ3) is 1.31. The quantitative estimate of drug-likeness (QED) is 0.835. The van der Waals surface area contributed by atoms with Crippen molar-refractivity contribution in [3.8, 4) is 5.75 Å². The van der Waals surface area contributed by atoms with Gasteiger partial charge < -0.3 is 10.1 Å². The number of anilines is 1. The highest BCUT2D eigenvalue weighted by atomic mass is 16.5. The fourth-order valence-electron chi connectivity index (χ4n) is 3.75. The van der Waals surface area contributed by atoms with Crippen LogP contribution in [0.3, 0.4) is 0 Å². The summed E-state index contributed by atoms with van der Waals surface area (Å²) in [7, 11) is 1.72. The van der Waals surface area contributed by atoms with Crippen LogP contribution in [-0.2, 0) is 12.0 Å². The van der Waals surface area contributed by atoms with Crippen molar-refractivity contribution < 1.29 is 4.74 Å². The third-order valence-corrected chi connectivity index (χ3v) is 4.73. The predicted octanol–water partition coefficient (Wildman–Crippen LogP) is 3.68. The van der Waals surface area contributed by atoms with E-state index in [0.717, 1.165) is 12.2 Å². The zero-order chi connectivity index (χ0) is 13.0. The Bertz CT molecular complexity index is 664. The molecule has 0 bridgehead atoms. The highest BCUT2D eigenvalue weighted by molar-refractivity contribution is 5.68. The molecule has 2 nitrogen and oxygen atoms in total. The van der Waals surface area contributed by atoms with Gasteiger partial charge in [0.25, 0.3) is 0 Å². The lowest BCUT2D eigenvalue weighted by Crippen LogP contribution is -2.29. The summed E-state index contributed by atoms with van der Waals surface area (Å²) in [5.74, 6) is 1.45. The van der Waals surface area contributed by atoms with Gasteiger partial charge in [0.05, 0.1) is 12.6 Å². The molecule has 19 heavy (non-hydrogen) atoms. The summed E-state index contributed by atoms with van der Waals surface area (Å²) in [6.45, 7) is 2.32. The second kappa shape index (κ2) is 3.53. The van der Waals surface area contributed by atoms with E-state index in [1.807, 2.05) is 0 Å². The van der Waals surface area contributed by atoms with Crippen LogP contribution in [0.25, 0.3) is 0 Å². The summed E-state index contributed by atoms with van der Waals surface area (Å²) in [6.07, 6.45) is 1.12. The summed E-state index contributed by atoms with van der Waals surface area (Å²) in [6, 6.07) is 15.2. The van der Waals surface area contributed by atoms with E-state index in [1.54, 1.807) is 7.11 Å². The summed E-state index contributed by atoms with van der Waals surface area (Å²) in [4.78, 5) is 0. The Labute approximate surface area is 113 Å². The SMILES string of the molecule is COc1ccc2c(c1)N[C@]1(C)c3ccccc3C[C@H]21. The van der Waals surface area contributed by atoms with Crippen molar-refractivity contribution >= 4 is 5.69 Å². The van der Waals surface area contributed by atoms with Gasteiger partial charge in [0.1, 0.15) is 5.75 Å². The predicted molar refractivity (Wildman–Crippen MR) is 76.9 cm³/mol. The van der Waals surface area contributed by atoms with Gasteiger partial charge >= 0.3 is 0 Å². The van der Waals surface area contributed by atoms with Gasteiger partial charge in [-0.05, 0) is 36.1 Å². The van der Waals surface area contributed by atoms with Crippen LogP contribution < -0.4 is 10.1 Å². The monoisotopic (exact) mass is 251 g/mol. The molecule has 0 aromatic heterocycles. The zero-order valence-corrected chi connectivity index (χ0v) is 11.2. The molecule has 2 aromatic rings. The van der Waals surface area contributed by atoms with E-state index in [9.17, 15) is 0 Å². The molecule has 0 saturated heterocycles. The molecular formula is C17H17NO. The minimum absolute atomic E-state index is 0.0330. The van der Waals surface area contributed by atoms with Crippen molar-refractivity contribution in [2.75, 3.05) is 12.4 Å². The molecule has 0 amide bonds. The van der Waals surface area contributed by atoms with E-state index in [0.29, 0.717) is 5.92 Å². The van der Waals surface area contributed by atoms with E-state index in [1.165, 1.54) is 22.4 Å². The lowest BCUT2D eigenvalue weighted by Gasteiger charge is -2.26. The number of rotatable bonds is 1. The molecule has 4 rings (SSSR count). The molecule has 2 aliphatic rings. The minimum Gasteiger partial charge on any atom is -0.497 e. The Hall–Kier alpha value is -1.96. The van der Waals surface area contributed by atoms with Gasteiger partial charge in [0.2, 0.25) is 0 Å². The maximum absolute atomic E-state index is 5.32. The number of methoxy groups -OCH3 is 1. The molecular weight excluding hydrogens is 234 g/mol. The topological polar surface area (TPSA) is 21.3 Å². The van der Waals surface area contributed by atoms with E-state index >= 15 is 0 Å². The first kappa shape index (κ1) is 10.9. The zero-order valence-electron chi connectivity index (χ0n) is 11.2. The Morgan fingerprint density at radius 2 is 2.05 bits per heavy atom. The molecule has 1 N–H and O–H groups in total. The average Bonchev–Trinajstić information content (AvgIpc) is 2.87. The normalized spacial score (nSPS) is 26.3. The second-order valence-corrected chi connectivity index (χ2v) is 5.69. The van der Waals surface area contributed by atoms with Crippen molar-refractivity contribution in [3.05, 3.63) is 59.2 Å². The number of benzene rings is 2. The van der Waals surface area contributed by atoms with E-state index in [2.05, 4.69) is 54.7 Å². The van der Waals surface area contributed by atoms with Gasteiger partial charge in [-0.2, -0.15) is 0 Å². The molecule has 1 aliphatic heterocycles. The highest BCUT2D eigenvalue weighted by Crippen LogP contribution is 2.55.